The molecule has 6 nitrogen and oxygen atoms in total. The van der Waals surface area contributed by atoms with Crippen LogP contribution in [0.4, 0.5) is 8.78 Å². The molecule has 1 fully saturated rings. The van der Waals surface area contributed by atoms with E-state index in [-0.39, 0.29) is 23.3 Å². The van der Waals surface area contributed by atoms with Crippen molar-refractivity contribution in [2.75, 3.05) is 33.3 Å². The second kappa shape index (κ2) is 9.32. The highest BCUT2D eigenvalue weighted by atomic mass is 19.1. The molecule has 2 heterocycles. The molecule has 3 aromatic rings. The van der Waals surface area contributed by atoms with Gasteiger partial charge >= 0.3 is 5.97 Å². The molecule has 0 bridgehead atoms. The molecule has 0 radical (unpaired) electrons. The average Bonchev–Trinajstić information content (AvgIpc) is 3.31. The Balaban J connectivity index is 1.43. The highest BCUT2D eigenvalue weighted by Crippen LogP contribution is 2.26. The molecule has 1 aliphatic heterocycles. The lowest BCUT2D eigenvalue weighted by Crippen LogP contribution is -2.51. The first-order chi connectivity index (χ1) is 15.5. The Morgan fingerprint density at radius 2 is 1.47 bits per heavy atom. The number of ether oxygens (including phenoxy) is 1. The van der Waals surface area contributed by atoms with Crippen molar-refractivity contribution in [3.05, 3.63) is 83.6 Å². The minimum atomic E-state index is -0.674. The third kappa shape index (κ3) is 4.55. The summed E-state index contributed by atoms with van der Waals surface area (Å²) >= 11 is 0. The van der Waals surface area contributed by atoms with Gasteiger partial charge < -0.3 is 14.1 Å². The number of piperazine rings is 1. The van der Waals surface area contributed by atoms with Crippen molar-refractivity contribution in [1.82, 2.24) is 9.80 Å². The van der Waals surface area contributed by atoms with E-state index in [0.29, 0.717) is 43.1 Å². The van der Waals surface area contributed by atoms with E-state index < -0.39 is 12.0 Å². The topological polar surface area (TPSA) is 63.0 Å². The van der Waals surface area contributed by atoms with Crippen LogP contribution in [0, 0.1) is 11.6 Å². The Hall–Kier alpha value is -3.52. The molecule has 0 aliphatic carbocycles. The molecule has 1 amide bonds. The van der Waals surface area contributed by atoms with Gasteiger partial charge in [-0.15, -0.1) is 0 Å². The van der Waals surface area contributed by atoms with Crippen molar-refractivity contribution in [3.63, 3.8) is 0 Å². The Morgan fingerprint density at radius 3 is 2.06 bits per heavy atom. The molecule has 1 unspecified atom stereocenters. The van der Waals surface area contributed by atoms with Gasteiger partial charge in [-0.3, -0.25) is 9.69 Å². The summed E-state index contributed by atoms with van der Waals surface area (Å²) in [4.78, 5) is 28.9. The summed E-state index contributed by atoms with van der Waals surface area (Å²) in [6, 6.07) is 14.2. The van der Waals surface area contributed by atoms with Crippen molar-refractivity contribution in [3.8, 4) is 11.3 Å². The Labute approximate surface area is 184 Å². The van der Waals surface area contributed by atoms with Crippen LogP contribution in [0.5, 0.6) is 0 Å². The summed E-state index contributed by atoms with van der Waals surface area (Å²) in [6.45, 7) is 1.66. The van der Waals surface area contributed by atoms with Gasteiger partial charge in [0.05, 0.1) is 7.11 Å². The summed E-state index contributed by atoms with van der Waals surface area (Å²) < 4.78 is 37.1. The number of benzene rings is 2. The molecule has 166 valence electrons. The van der Waals surface area contributed by atoms with Crippen LogP contribution in [0.1, 0.15) is 22.2 Å². The van der Waals surface area contributed by atoms with E-state index in [1.807, 2.05) is 4.90 Å². The second-order valence-electron chi connectivity index (χ2n) is 7.48. The van der Waals surface area contributed by atoms with Crippen LogP contribution < -0.4 is 0 Å². The maximum absolute atomic E-state index is 13.3. The molecule has 1 saturated heterocycles. The minimum Gasteiger partial charge on any atom is -0.468 e. The normalized spacial score (nSPS) is 15.4. The fourth-order valence-electron chi connectivity index (χ4n) is 3.81. The molecular formula is C24H22F2N2O4. The van der Waals surface area contributed by atoms with E-state index in [1.54, 1.807) is 41.3 Å². The highest BCUT2D eigenvalue weighted by molar-refractivity contribution is 5.92. The molecule has 0 N–H and O–H groups in total. The summed E-state index contributed by atoms with van der Waals surface area (Å²) in [6.07, 6.45) is 0. The van der Waals surface area contributed by atoms with Gasteiger partial charge in [0.2, 0.25) is 0 Å². The van der Waals surface area contributed by atoms with E-state index in [0.717, 1.165) is 0 Å². The number of furan rings is 1. The number of esters is 1. The molecule has 1 aromatic heterocycles. The third-order valence-corrected chi connectivity index (χ3v) is 5.52. The molecule has 8 heteroatoms. The van der Waals surface area contributed by atoms with Crippen LogP contribution in [-0.4, -0.2) is 55.0 Å². The zero-order valence-corrected chi connectivity index (χ0v) is 17.5. The second-order valence-corrected chi connectivity index (χ2v) is 7.48. The van der Waals surface area contributed by atoms with Crippen LogP contribution >= 0.6 is 0 Å². The fourth-order valence-corrected chi connectivity index (χ4v) is 3.81. The Kier molecular flexibility index (Phi) is 6.32. The summed E-state index contributed by atoms with van der Waals surface area (Å²) in [5, 5.41) is 0. The summed E-state index contributed by atoms with van der Waals surface area (Å²) in [5.41, 5.74) is 1.31. The molecule has 4 rings (SSSR count). The van der Waals surface area contributed by atoms with Gasteiger partial charge in [0, 0.05) is 31.7 Å². The largest absolute Gasteiger partial charge is 0.468 e. The molecule has 0 spiro atoms. The van der Waals surface area contributed by atoms with E-state index in [4.69, 9.17) is 9.15 Å². The number of carbonyl (C=O) groups is 2. The van der Waals surface area contributed by atoms with Gasteiger partial charge in [-0.25, -0.2) is 13.6 Å². The number of methoxy groups -OCH3 is 1. The first-order valence-electron chi connectivity index (χ1n) is 10.2. The number of rotatable bonds is 5. The predicted molar refractivity (Wildman–Crippen MR) is 113 cm³/mol. The number of nitrogens with zero attached hydrogens (tertiary/aromatic N) is 2. The Morgan fingerprint density at radius 1 is 0.875 bits per heavy atom. The van der Waals surface area contributed by atoms with Crippen LogP contribution in [0.25, 0.3) is 11.3 Å². The lowest BCUT2D eigenvalue weighted by molar-refractivity contribution is -0.148. The van der Waals surface area contributed by atoms with Crippen molar-refractivity contribution in [2.45, 2.75) is 6.04 Å². The standard InChI is InChI=1S/C24H22F2N2O4/c1-31-24(30)22(17-4-8-19(26)9-5-17)27-12-14-28(15-13-27)23(29)21-11-10-20(32-21)16-2-6-18(25)7-3-16/h2-11,22H,12-15H2,1H3. The zero-order valence-electron chi connectivity index (χ0n) is 17.5. The molecule has 32 heavy (non-hydrogen) atoms. The first-order valence-corrected chi connectivity index (χ1v) is 10.2. The zero-order chi connectivity index (χ0) is 22.7. The van der Waals surface area contributed by atoms with Gasteiger partial charge in [0.15, 0.2) is 5.76 Å². The van der Waals surface area contributed by atoms with E-state index >= 15 is 0 Å². The highest BCUT2D eigenvalue weighted by Gasteiger charge is 2.33. The van der Waals surface area contributed by atoms with Gasteiger partial charge in [-0.2, -0.15) is 0 Å². The van der Waals surface area contributed by atoms with Crippen molar-refractivity contribution in [1.29, 1.82) is 0 Å². The number of amides is 1. The van der Waals surface area contributed by atoms with Crippen molar-refractivity contribution < 1.29 is 27.5 Å². The number of hydrogen-bond donors (Lipinski definition) is 0. The van der Waals surface area contributed by atoms with Crippen molar-refractivity contribution in [2.24, 2.45) is 0 Å². The fraction of sp³-hybridized carbons (Fsp3) is 0.250. The lowest BCUT2D eigenvalue weighted by Gasteiger charge is -2.38. The monoisotopic (exact) mass is 440 g/mol. The van der Waals surface area contributed by atoms with Crippen LogP contribution in [0.15, 0.2) is 65.1 Å². The predicted octanol–water partition coefficient (Wildman–Crippen LogP) is 3.90. The minimum absolute atomic E-state index is 0.195. The van der Waals surface area contributed by atoms with Gasteiger partial charge in [0.25, 0.3) is 5.91 Å². The summed E-state index contributed by atoms with van der Waals surface area (Å²) in [7, 11) is 1.31. The van der Waals surface area contributed by atoms with Gasteiger partial charge in [-0.05, 0) is 54.1 Å². The van der Waals surface area contributed by atoms with Crippen LogP contribution in [0.3, 0.4) is 0 Å². The maximum Gasteiger partial charge on any atom is 0.327 e. The van der Waals surface area contributed by atoms with Crippen LogP contribution in [0.2, 0.25) is 0 Å². The van der Waals surface area contributed by atoms with Gasteiger partial charge in [0.1, 0.15) is 23.4 Å². The molecule has 1 atom stereocenters. The quantitative estimate of drug-likeness (QED) is 0.564. The number of carbonyl (C=O) groups excluding carboxylic acids is 2. The SMILES string of the molecule is COC(=O)C(c1ccc(F)cc1)N1CCN(C(=O)c2ccc(-c3ccc(F)cc3)o2)CC1. The molecule has 0 saturated carbocycles. The lowest BCUT2D eigenvalue weighted by atomic mass is 10.0. The third-order valence-electron chi connectivity index (χ3n) is 5.52. The van der Waals surface area contributed by atoms with E-state index in [2.05, 4.69) is 0 Å². The number of halogens is 2. The summed E-state index contributed by atoms with van der Waals surface area (Å²) in [5.74, 6) is -0.748. The first kappa shape index (κ1) is 21.7. The molecule has 1 aliphatic rings. The smallest absolute Gasteiger partial charge is 0.327 e. The maximum atomic E-state index is 13.3. The van der Waals surface area contributed by atoms with Crippen molar-refractivity contribution >= 4 is 11.9 Å². The average molecular weight is 440 g/mol. The van der Waals surface area contributed by atoms with E-state index in [9.17, 15) is 18.4 Å². The van der Waals surface area contributed by atoms with Gasteiger partial charge in [-0.1, -0.05) is 12.1 Å². The van der Waals surface area contributed by atoms with E-state index in [1.165, 1.54) is 31.4 Å². The number of hydrogen-bond acceptors (Lipinski definition) is 5. The molecule has 2 aromatic carbocycles. The Bertz CT molecular complexity index is 1090. The van der Waals surface area contributed by atoms with Crippen LogP contribution in [-0.2, 0) is 9.53 Å². The molecular weight excluding hydrogens is 418 g/mol.